The SMILES string of the molecule is COc1ccc(OP(=O)(Cl)OC(=O)[C@@H]2CCCN2OC(C)(C)C)cc1. The molecule has 1 saturated heterocycles. The number of carbonyl (C=O) groups is 1. The Morgan fingerprint density at radius 3 is 2.40 bits per heavy atom. The molecule has 1 heterocycles. The molecule has 25 heavy (non-hydrogen) atoms. The molecule has 2 atom stereocenters. The van der Waals surface area contributed by atoms with Crippen LogP contribution < -0.4 is 9.26 Å². The van der Waals surface area contributed by atoms with E-state index in [0.29, 0.717) is 18.7 Å². The van der Waals surface area contributed by atoms with Crippen LogP contribution in [0.5, 0.6) is 11.5 Å². The van der Waals surface area contributed by atoms with Crippen molar-refractivity contribution in [3.05, 3.63) is 24.3 Å². The van der Waals surface area contributed by atoms with Gasteiger partial charge in [0.25, 0.3) is 0 Å². The van der Waals surface area contributed by atoms with Crippen molar-refractivity contribution >= 4 is 24.2 Å². The van der Waals surface area contributed by atoms with E-state index >= 15 is 0 Å². The number of hydrogen-bond acceptors (Lipinski definition) is 7. The Kier molecular flexibility index (Phi) is 6.38. The van der Waals surface area contributed by atoms with Gasteiger partial charge in [0.05, 0.1) is 12.7 Å². The number of hydroxylamine groups is 2. The fourth-order valence-corrected chi connectivity index (χ4v) is 3.58. The lowest BCUT2D eigenvalue weighted by molar-refractivity contribution is -0.237. The third kappa shape index (κ3) is 6.19. The van der Waals surface area contributed by atoms with Crippen LogP contribution in [-0.2, 0) is 18.7 Å². The van der Waals surface area contributed by atoms with Crippen molar-refractivity contribution in [2.24, 2.45) is 0 Å². The van der Waals surface area contributed by atoms with Gasteiger partial charge in [0.15, 0.2) is 0 Å². The second kappa shape index (κ2) is 7.96. The van der Waals surface area contributed by atoms with Gasteiger partial charge in [-0.05, 0) is 57.9 Å². The quantitative estimate of drug-likeness (QED) is 0.674. The van der Waals surface area contributed by atoms with E-state index in [0.717, 1.165) is 6.42 Å². The summed E-state index contributed by atoms with van der Waals surface area (Å²) in [5.74, 6) is 0.0874. The van der Waals surface area contributed by atoms with E-state index < -0.39 is 24.6 Å². The van der Waals surface area contributed by atoms with Crippen LogP contribution in [0.1, 0.15) is 33.6 Å². The van der Waals surface area contributed by atoms with Crippen LogP contribution in [0.15, 0.2) is 24.3 Å². The van der Waals surface area contributed by atoms with Crippen molar-refractivity contribution in [2.45, 2.75) is 45.3 Å². The highest BCUT2D eigenvalue weighted by atomic mass is 35.7. The van der Waals surface area contributed by atoms with E-state index in [4.69, 9.17) is 29.9 Å². The summed E-state index contributed by atoms with van der Waals surface area (Å²) in [4.78, 5) is 18.1. The van der Waals surface area contributed by atoms with Crippen molar-refractivity contribution in [3.8, 4) is 11.5 Å². The van der Waals surface area contributed by atoms with Crippen LogP contribution in [0, 0.1) is 0 Å². The molecule has 1 unspecified atom stereocenters. The second-order valence-electron chi connectivity index (χ2n) is 6.61. The third-order valence-electron chi connectivity index (χ3n) is 3.34. The highest BCUT2D eigenvalue weighted by molar-refractivity contribution is 7.82. The second-order valence-corrected chi connectivity index (χ2v) is 9.08. The number of rotatable bonds is 6. The number of benzene rings is 1. The van der Waals surface area contributed by atoms with Crippen LogP contribution in [0.3, 0.4) is 0 Å². The molecule has 1 aromatic carbocycles. The van der Waals surface area contributed by atoms with E-state index in [-0.39, 0.29) is 5.75 Å². The first-order valence-electron chi connectivity index (χ1n) is 7.92. The highest BCUT2D eigenvalue weighted by Crippen LogP contribution is 2.54. The molecule has 1 aromatic rings. The maximum atomic E-state index is 12.3. The van der Waals surface area contributed by atoms with Crippen LogP contribution in [0.4, 0.5) is 0 Å². The molecule has 0 saturated carbocycles. The molecule has 0 bridgehead atoms. The molecule has 0 aliphatic carbocycles. The number of ether oxygens (including phenoxy) is 1. The fraction of sp³-hybridized carbons (Fsp3) is 0.562. The molecule has 7 nitrogen and oxygen atoms in total. The Morgan fingerprint density at radius 1 is 1.24 bits per heavy atom. The summed E-state index contributed by atoms with van der Waals surface area (Å²) in [5, 5.41) is 1.55. The molecule has 0 N–H and O–H groups in total. The normalized spacial score (nSPS) is 20.8. The summed E-state index contributed by atoms with van der Waals surface area (Å²) < 4.78 is 27.4. The fourth-order valence-electron chi connectivity index (χ4n) is 2.39. The number of nitrogens with zero attached hydrogens (tertiary/aromatic N) is 1. The molecular formula is C16H23ClNO6P. The molecule has 0 amide bonds. The van der Waals surface area contributed by atoms with Crippen molar-refractivity contribution in [2.75, 3.05) is 13.7 Å². The average molecular weight is 392 g/mol. The van der Waals surface area contributed by atoms with Crippen molar-refractivity contribution < 1.29 is 28.0 Å². The van der Waals surface area contributed by atoms with Gasteiger partial charge < -0.3 is 13.8 Å². The van der Waals surface area contributed by atoms with E-state index in [1.54, 1.807) is 17.2 Å². The Balaban J connectivity index is 1.98. The zero-order valence-electron chi connectivity index (χ0n) is 14.7. The Bertz CT molecular complexity index is 645. The van der Waals surface area contributed by atoms with Crippen molar-refractivity contribution in [1.29, 1.82) is 0 Å². The van der Waals surface area contributed by atoms with Gasteiger partial charge in [-0.1, -0.05) is 0 Å². The molecule has 0 spiro atoms. The van der Waals surface area contributed by atoms with Gasteiger partial charge in [-0.2, -0.15) is 5.06 Å². The lowest BCUT2D eigenvalue weighted by Crippen LogP contribution is -2.41. The predicted octanol–water partition coefficient (Wildman–Crippen LogP) is 4.16. The summed E-state index contributed by atoms with van der Waals surface area (Å²) in [6.07, 6.45) is 1.30. The zero-order valence-corrected chi connectivity index (χ0v) is 16.4. The first kappa shape index (κ1) is 20.0. The smallest absolute Gasteiger partial charge is 0.497 e. The van der Waals surface area contributed by atoms with Gasteiger partial charge in [-0.25, -0.2) is 9.36 Å². The van der Waals surface area contributed by atoms with Gasteiger partial charge in [-0.3, -0.25) is 4.84 Å². The number of carbonyl (C=O) groups excluding carboxylic acids is 1. The summed E-state index contributed by atoms with van der Waals surface area (Å²) >= 11 is 5.80. The predicted molar refractivity (Wildman–Crippen MR) is 93.7 cm³/mol. The molecule has 0 aromatic heterocycles. The van der Waals surface area contributed by atoms with E-state index in [9.17, 15) is 9.36 Å². The van der Waals surface area contributed by atoms with Gasteiger partial charge in [0, 0.05) is 17.8 Å². The van der Waals surface area contributed by atoms with Crippen LogP contribution in [0.25, 0.3) is 0 Å². The molecule has 140 valence electrons. The standard InChI is InChI=1S/C16H23ClNO6P/c1-16(2,3)24-18-11-5-6-14(18)15(19)23-25(17,20)22-13-9-7-12(21-4)8-10-13/h7-10,14H,5-6,11H2,1-4H3/t14-,25?/m0/s1. The Labute approximate surface area is 152 Å². The largest absolute Gasteiger partial charge is 0.532 e. The number of hydrogen-bond donors (Lipinski definition) is 0. The van der Waals surface area contributed by atoms with Gasteiger partial charge in [-0.15, -0.1) is 0 Å². The number of methoxy groups -OCH3 is 1. The lowest BCUT2D eigenvalue weighted by atomic mass is 10.2. The van der Waals surface area contributed by atoms with Crippen molar-refractivity contribution in [3.63, 3.8) is 0 Å². The molecule has 1 fully saturated rings. The maximum absolute atomic E-state index is 12.3. The van der Waals surface area contributed by atoms with Gasteiger partial charge >= 0.3 is 12.9 Å². The minimum Gasteiger partial charge on any atom is -0.497 e. The van der Waals surface area contributed by atoms with Gasteiger partial charge in [0.2, 0.25) is 0 Å². The van der Waals surface area contributed by atoms with Crippen LogP contribution in [-0.4, -0.2) is 36.3 Å². The molecule has 0 radical (unpaired) electrons. The Hall–Kier alpha value is -1.27. The maximum Gasteiger partial charge on any atom is 0.532 e. The van der Waals surface area contributed by atoms with Crippen LogP contribution >= 0.6 is 18.2 Å². The molecular weight excluding hydrogens is 369 g/mol. The summed E-state index contributed by atoms with van der Waals surface area (Å²) in [6, 6.07) is 5.61. The minimum absolute atomic E-state index is 0.209. The summed E-state index contributed by atoms with van der Waals surface area (Å²) in [7, 11) is 1.52. The summed E-state index contributed by atoms with van der Waals surface area (Å²) in [6.45, 7) is 2.11. The first-order valence-corrected chi connectivity index (χ1v) is 10.4. The van der Waals surface area contributed by atoms with Crippen molar-refractivity contribution in [1.82, 2.24) is 5.06 Å². The molecule has 1 aliphatic heterocycles. The minimum atomic E-state index is -4.12. The summed E-state index contributed by atoms with van der Waals surface area (Å²) in [5.41, 5.74) is -0.451. The van der Waals surface area contributed by atoms with Crippen LogP contribution in [0.2, 0.25) is 0 Å². The first-order chi connectivity index (χ1) is 11.6. The molecule has 2 rings (SSSR count). The van der Waals surface area contributed by atoms with E-state index in [1.807, 2.05) is 20.8 Å². The van der Waals surface area contributed by atoms with E-state index in [1.165, 1.54) is 19.2 Å². The number of halogens is 1. The molecule has 9 heteroatoms. The zero-order chi connectivity index (χ0) is 18.7. The lowest BCUT2D eigenvalue weighted by Gasteiger charge is -2.30. The third-order valence-corrected chi connectivity index (χ3v) is 4.58. The van der Waals surface area contributed by atoms with Gasteiger partial charge in [0.1, 0.15) is 17.5 Å². The highest BCUT2D eigenvalue weighted by Gasteiger charge is 2.39. The monoisotopic (exact) mass is 391 g/mol. The van der Waals surface area contributed by atoms with E-state index in [2.05, 4.69) is 0 Å². The Morgan fingerprint density at radius 2 is 1.84 bits per heavy atom. The topological polar surface area (TPSA) is 74.3 Å². The molecule has 1 aliphatic rings. The average Bonchev–Trinajstić information content (AvgIpc) is 2.93.